The van der Waals surface area contributed by atoms with Gasteiger partial charge in [-0.3, -0.25) is 14.5 Å². The Hall–Kier alpha value is -0.910. The first-order valence-electron chi connectivity index (χ1n) is 11.1. The van der Waals surface area contributed by atoms with Crippen molar-refractivity contribution in [2.45, 2.75) is 84.8 Å². The van der Waals surface area contributed by atoms with E-state index in [1.54, 1.807) is 0 Å². The van der Waals surface area contributed by atoms with Crippen molar-refractivity contribution in [3.05, 3.63) is 17.0 Å². The molecule has 0 aromatic carbocycles. The van der Waals surface area contributed by atoms with Gasteiger partial charge in [0.15, 0.2) is 0 Å². The first-order valence-corrected chi connectivity index (χ1v) is 11.1. The van der Waals surface area contributed by atoms with Gasteiger partial charge in [-0.15, -0.1) is 0 Å². The highest BCUT2D eigenvalue weighted by molar-refractivity contribution is 5.25. The number of aliphatic hydroxyl groups excluding tert-OH is 1. The molecule has 154 valence electrons. The molecule has 1 atom stereocenters. The summed E-state index contributed by atoms with van der Waals surface area (Å²) in [5.41, 5.74) is 3.88. The zero-order valence-corrected chi connectivity index (χ0v) is 18.0. The maximum absolute atomic E-state index is 9.61. The number of hydrogen-bond acceptors (Lipinski definition) is 4. The zero-order valence-electron chi connectivity index (χ0n) is 18.0. The van der Waals surface area contributed by atoms with E-state index >= 15 is 0 Å². The van der Waals surface area contributed by atoms with Crippen molar-refractivity contribution in [3.63, 3.8) is 0 Å². The minimum Gasteiger partial charge on any atom is -0.396 e. The van der Waals surface area contributed by atoms with Gasteiger partial charge in [0.05, 0.1) is 5.69 Å². The highest BCUT2D eigenvalue weighted by atomic mass is 16.3. The maximum Gasteiger partial charge on any atom is 0.0641 e. The molecule has 1 N–H and O–H groups in total. The van der Waals surface area contributed by atoms with E-state index < -0.39 is 0 Å². The van der Waals surface area contributed by atoms with Crippen LogP contribution in [-0.4, -0.2) is 63.5 Å². The molecule has 2 aliphatic rings. The van der Waals surface area contributed by atoms with Crippen LogP contribution in [0.5, 0.6) is 0 Å². The van der Waals surface area contributed by atoms with Crippen LogP contribution in [0.25, 0.3) is 0 Å². The van der Waals surface area contributed by atoms with Crippen molar-refractivity contribution < 1.29 is 5.11 Å². The number of nitrogens with zero attached hydrogens (tertiary/aromatic N) is 4. The monoisotopic (exact) mass is 376 g/mol. The van der Waals surface area contributed by atoms with Gasteiger partial charge in [-0.1, -0.05) is 19.3 Å². The molecular formula is C22H40N4O. The predicted molar refractivity (Wildman–Crippen MR) is 111 cm³/mol. The van der Waals surface area contributed by atoms with Gasteiger partial charge < -0.3 is 5.11 Å². The third kappa shape index (κ3) is 5.12. The van der Waals surface area contributed by atoms with Crippen LogP contribution in [0.1, 0.15) is 75.4 Å². The molecule has 27 heavy (non-hydrogen) atoms. The van der Waals surface area contributed by atoms with Gasteiger partial charge in [-0.2, -0.15) is 5.10 Å². The lowest BCUT2D eigenvalue weighted by Crippen LogP contribution is -2.54. The highest BCUT2D eigenvalue weighted by Gasteiger charge is 2.29. The van der Waals surface area contributed by atoms with Crippen LogP contribution in [0.3, 0.4) is 0 Å². The van der Waals surface area contributed by atoms with Crippen LogP contribution in [0.4, 0.5) is 0 Å². The van der Waals surface area contributed by atoms with Gasteiger partial charge in [-0.25, -0.2) is 0 Å². The van der Waals surface area contributed by atoms with E-state index in [1.165, 1.54) is 55.6 Å². The molecule has 1 aliphatic heterocycles. The Morgan fingerprint density at radius 3 is 2.48 bits per heavy atom. The van der Waals surface area contributed by atoms with Crippen LogP contribution in [0.2, 0.25) is 0 Å². The highest BCUT2D eigenvalue weighted by Crippen LogP contribution is 2.27. The van der Waals surface area contributed by atoms with Crippen LogP contribution >= 0.6 is 0 Å². The van der Waals surface area contributed by atoms with Crippen LogP contribution < -0.4 is 0 Å². The van der Waals surface area contributed by atoms with Gasteiger partial charge in [0.2, 0.25) is 0 Å². The lowest BCUT2D eigenvalue weighted by molar-refractivity contribution is 0.0399. The van der Waals surface area contributed by atoms with Crippen molar-refractivity contribution in [1.29, 1.82) is 0 Å². The molecule has 1 aliphatic carbocycles. The number of piperazine rings is 1. The molecule has 0 amide bonds. The van der Waals surface area contributed by atoms with Crippen LogP contribution in [0, 0.1) is 19.8 Å². The minimum atomic E-state index is 0.295. The standard InChI is InChI=1S/C22H40N4O/c1-17(2)26-19(4)22(18(3)23-26)16-24-11-12-25(21(15-24)10-13-27)14-20-8-6-5-7-9-20/h17,20-21,27H,5-16H2,1-4H3/t21-/m0/s1. The minimum absolute atomic E-state index is 0.295. The molecule has 0 radical (unpaired) electrons. The molecule has 0 unspecified atom stereocenters. The second-order valence-corrected chi connectivity index (χ2v) is 9.09. The smallest absolute Gasteiger partial charge is 0.0641 e. The predicted octanol–water partition coefficient (Wildman–Crippen LogP) is 3.53. The summed E-state index contributed by atoms with van der Waals surface area (Å²) in [5, 5.41) is 14.4. The van der Waals surface area contributed by atoms with Crippen molar-refractivity contribution in [2.24, 2.45) is 5.92 Å². The van der Waals surface area contributed by atoms with Gasteiger partial charge >= 0.3 is 0 Å². The third-order valence-electron chi connectivity index (χ3n) is 6.71. The molecule has 0 spiro atoms. The number of hydrogen-bond donors (Lipinski definition) is 1. The Kier molecular flexibility index (Phi) is 7.35. The normalized spacial score (nSPS) is 23.4. The summed E-state index contributed by atoms with van der Waals surface area (Å²) in [6.45, 7) is 14.6. The summed E-state index contributed by atoms with van der Waals surface area (Å²) < 4.78 is 2.16. The summed E-state index contributed by atoms with van der Waals surface area (Å²) >= 11 is 0. The van der Waals surface area contributed by atoms with E-state index in [-0.39, 0.29) is 0 Å². The Bertz CT molecular complexity index is 591. The molecule has 1 aromatic heterocycles. The fraction of sp³-hybridized carbons (Fsp3) is 0.864. The van der Waals surface area contributed by atoms with Gasteiger partial charge in [0.25, 0.3) is 0 Å². The fourth-order valence-corrected chi connectivity index (χ4v) is 5.12. The van der Waals surface area contributed by atoms with E-state index in [0.29, 0.717) is 18.7 Å². The second-order valence-electron chi connectivity index (χ2n) is 9.09. The average Bonchev–Trinajstić information content (AvgIpc) is 2.93. The number of aliphatic hydroxyl groups is 1. The average molecular weight is 377 g/mol. The molecule has 1 aromatic rings. The lowest BCUT2D eigenvalue weighted by Gasteiger charge is -2.43. The SMILES string of the molecule is Cc1nn(C(C)C)c(C)c1CN1CCN(CC2CCCCC2)[C@@H](CCO)C1. The largest absolute Gasteiger partial charge is 0.396 e. The number of aryl methyl sites for hydroxylation is 1. The van der Waals surface area contributed by atoms with E-state index in [4.69, 9.17) is 5.10 Å². The van der Waals surface area contributed by atoms with Crippen molar-refractivity contribution in [3.8, 4) is 0 Å². The first-order chi connectivity index (χ1) is 13.0. The summed E-state index contributed by atoms with van der Waals surface area (Å²) in [4.78, 5) is 5.26. The van der Waals surface area contributed by atoms with Crippen LogP contribution in [0.15, 0.2) is 0 Å². The molecule has 1 saturated heterocycles. The van der Waals surface area contributed by atoms with E-state index in [0.717, 1.165) is 38.5 Å². The molecule has 2 heterocycles. The Morgan fingerprint density at radius 1 is 1.11 bits per heavy atom. The number of rotatable bonds is 7. The fourth-order valence-electron chi connectivity index (χ4n) is 5.12. The maximum atomic E-state index is 9.61. The number of aromatic nitrogens is 2. The van der Waals surface area contributed by atoms with Crippen molar-refractivity contribution in [1.82, 2.24) is 19.6 Å². The quantitative estimate of drug-likeness (QED) is 0.791. The summed E-state index contributed by atoms with van der Waals surface area (Å²) in [6.07, 6.45) is 7.94. The molecule has 2 fully saturated rings. The topological polar surface area (TPSA) is 44.5 Å². The van der Waals surface area contributed by atoms with Gasteiger partial charge in [0.1, 0.15) is 0 Å². The second kappa shape index (κ2) is 9.53. The molecular weight excluding hydrogens is 336 g/mol. The van der Waals surface area contributed by atoms with E-state index in [1.807, 2.05) is 0 Å². The summed E-state index contributed by atoms with van der Waals surface area (Å²) in [6, 6.07) is 0.901. The molecule has 0 bridgehead atoms. The lowest BCUT2D eigenvalue weighted by atomic mass is 9.88. The Balaban J connectivity index is 1.62. The van der Waals surface area contributed by atoms with Crippen molar-refractivity contribution >= 4 is 0 Å². The zero-order chi connectivity index (χ0) is 19.4. The van der Waals surface area contributed by atoms with Gasteiger partial charge in [-0.05, 0) is 52.9 Å². The third-order valence-corrected chi connectivity index (χ3v) is 6.71. The van der Waals surface area contributed by atoms with Crippen molar-refractivity contribution in [2.75, 3.05) is 32.8 Å². The van der Waals surface area contributed by atoms with Crippen LogP contribution in [-0.2, 0) is 6.54 Å². The summed E-state index contributed by atoms with van der Waals surface area (Å²) in [5.74, 6) is 0.875. The molecule has 1 saturated carbocycles. The van der Waals surface area contributed by atoms with E-state index in [2.05, 4.69) is 42.2 Å². The summed E-state index contributed by atoms with van der Waals surface area (Å²) in [7, 11) is 0. The van der Waals surface area contributed by atoms with E-state index in [9.17, 15) is 5.11 Å². The molecule has 3 rings (SSSR count). The van der Waals surface area contributed by atoms with Gasteiger partial charge in [0, 0.05) is 62.7 Å². The Labute approximate surface area is 165 Å². The molecule has 5 nitrogen and oxygen atoms in total. The first kappa shape index (κ1) is 20.8. The molecule has 5 heteroatoms. The Morgan fingerprint density at radius 2 is 1.85 bits per heavy atom.